The minimum absolute atomic E-state index is 0.322. The highest BCUT2D eigenvalue weighted by molar-refractivity contribution is 6.17. The molecule has 0 radical (unpaired) electrons. The van der Waals surface area contributed by atoms with Gasteiger partial charge in [-0.25, -0.2) is 9.59 Å². The van der Waals surface area contributed by atoms with Crippen molar-refractivity contribution in [2.45, 2.75) is 97.5 Å². The molecule has 174 valence electrons. The van der Waals surface area contributed by atoms with Crippen molar-refractivity contribution in [1.82, 2.24) is 0 Å². The molecule has 0 bridgehead atoms. The predicted molar refractivity (Wildman–Crippen MR) is 125 cm³/mol. The van der Waals surface area contributed by atoms with Gasteiger partial charge in [0.15, 0.2) is 0 Å². The van der Waals surface area contributed by atoms with Crippen LogP contribution in [0.2, 0.25) is 0 Å². The van der Waals surface area contributed by atoms with Crippen molar-refractivity contribution >= 4 is 18.0 Å². The summed E-state index contributed by atoms with van der Waals surface area (Å²) in [6.45, 7) is 6.53. The third-order valence-electron chi connectivity index (χ3n) is 5.29. The lowest BCUT2D eigenvalue weighted by atomic mass is 10.1. The SMILES string of the molecule is CCCCCCCCCCCCOc1ccc(C=C(C(=O)O)C(=O)OC(C)CC)cc1. The minimum Gasteiger partial charge on any atom is -0.494 e. The van der Waals surface area contributed by atoms with Crippen LogP contribution in [0.1, 0.15) is 97.0 Å². The molecule has 0 aliphatic carbocycles. The quantitative estimate of drug-likeness (QED) is 0.0964. The molecule has 0 saturated carbocycles. The molecule has 0 saturated heterocycles. The summed E-state index contributed by atoms with van der Waals surface area (Å²) in [6, 6.07) is 7.07. The number of hydrogen-bond acceptors (Lipinski definition) is 4. The van der Waals surface area contributed by atoms with E-state index in [4.69, 9.17) is 9.47 Å². The second-order valence-corrected chi connectivity index (χ2v) is 8.09. The Hall–Kier alpha value is -2.30. The molecule has 0 aliphatic heterocycles. The third-order valence-corrected chi connectivity index (χ3v) is 5.29. The first-order valence-electron chi connectivity index (χ1n) is 11.9. The number of carbonyl (C=O) groups excluding carboxylic acids is 1. The highest BCUT2D eigenvalue weighted by atomic mass is 16.5. The van der Waals surface area contributed by atoms with Crippen molar-refractivity contribution in [3.05, 3.63) is 35.4 Å². The van der Waals surface area contributed by atoms with Crippen LogP contribution in [0.5, 0.6) is 5.75 Å². The molecule has 0 aliphatic rings. The molecule has 1 atom stereocenters. The highest BCUT2D eigenvalue weighted by Crippen LogP contribution is 2.17. The highest BCUT2D eigenvalue weighted by Gasteiger charge is 2.20. The van der Waals surface area contributed by atoms with Gasteiger partial charge in [0.25, 0.3) is 0 Å². The monoisotopic (exact) mass is 432 g/mol. The molecule has 0 amide bonds. The topological polar surface area (TPSA) is 72.8 Å². The first-order chi connectivity index (χ1) is 15.0. The largest absolute Gasteiger partial charge is 0.494 e. The summed E-state index contributed by atoms with van der Waals surface area (Å²) in [7, 11) is 0. The average Bonchev–Trinajstić information content (AvgIpc) is 2.76. The predicted octanol–water partition coefficient (Wildman–Crippen LogP) is 6.80. The molecule has 1 aromatic rings. The van der Waals surface area contributed by atoms with Gasteiger partial charge >= 0.3 is 11.9 Å². The molecule has 1 N–H and O–H groups in total. The Bertz CT molecular complexity index is 663. The molecule has 0 heterocycles. The van der Waals surface area contributed by atoms with Gasteiger partial charge in [-0.1, -0.05) is 83.8 Å². The number of unbranched alkanes of at least 4 members (excludes halogenated alkanes) is 9. The van der Waals surface area contributed by atoms with Crippen LogP contribution >= 0.6 is 0 Å². The van der Waals surface area contributed by atoms with Crippen LogP contribution in [0, 0.1) is 0 Å². The summed E-state index contributed by atoms with van der Waals surface area (Å²) < 4.78 is 10.9. The summed E-state index contributed by atoms with van der Waals surface area (Å²) in [5, 5.41) is 9.32. The van der Waals surface area contributed by atoms with E-state index < -0.39 is 11.9 Å². The number of carboxylic acids is 1. The summed E-state index contributed by atoms with van der Waals surface area (Å²) in [4.78, 5) is 23.5. The van der Waals surface area contributed by atoms with Crippen LogP contribution in [-0.4, -0.2) is 29.8 Å². The van der Waals surface area contributed by atoms with E-state index in [1.807, 2.05) is 6.92 Å². The fourth-order valence-corrected chi connectivity index (χ4v) is 3.14. The van der Waals surface area contributed by atoms with E-state index in [2.05, 4.69) is 6.92 Å². The maximum Gasteiger partial charge on any atom is 0.345 e. The van der Waals surface area contributed by atoms with E-state index in [1.165, 1.54) is 63.9 Å². The zero-order valence-electron chi connectivity index (χ0n) is 19.5. The van der Waals surface area contributed by atoms with Gasteiger partial charge in [0.05, 0.1) is 12.7 Å². The van der Waals surface area contributed by atoms with E-state index >= 15 is 0 Å². The molecule has 5 heteroatoms. The number of carboxylic acid groups (broad SMARTS) is 1. The van der Waals surface area contributed by atoms with Gasteiger partial charge in [-0.05, 0) is 43.5 Å². The van der Waals surface area contributed by atoms with Crippen LogP contribution in [0.25, 0.3) is 6.08 Å². The molecule has 5 nitrogen and oxygen atoms in total. The Labute approximate surface area is 187 Å². The molecule has 0 spiro atoms. The molecule has 1 unspecified atom stereocenters. The lowest BCUT2D eigenvalue weighted by Crippen LogP contribution is -2.20. The number of carbonyl (C=O) groups is 2. The first kappa shape index (κ1) is 26.7. The van der Waals surface area contributed by atoms with Crippen LogP contribution in [0.3, 0.4) is 0 Å². The third kappa shape index (κ3) is 12.2. The fourth-order valence-electron chi connectivity index (χ4n) is 3.14. The van der Waals surface area contributed by atoms with Crippen LogP contribution in [0.4, 0.5) is 0 Å². The second kappa shape index (κ2) is 16.4. The smallest absolute Gasteiger partial charge is 0.345 e. The van der Waals surface area contributed by atoms with Gasteiger partial charge in [0.2, 0.25) is 0 Å². The first-order valence-corrected chi connectivity index (χ1v) is 11.9. The van der Waals surface area contributed by atoms with Gasteiger partial charge in [0, 0.05) is 0 Å². The Balaban J connectivity index is 2.33. The Kier molecular flexibility index (Phi) is 14.1. The number of rotatable bonds is 17. The Morgan fingerprint density at radius 1 is 0.903 bits per heavy atom. The Morgan fingerprint density at radius 3 is 1.97 bits per heavy atom. The van der Waals surface area contributed by atoms with E-state index in [9.17, 15) is 14.7 Å². The van der Waals surface area contributed by atoms with E-state index in [0.717, 1.165) is 12.2 Å². The van der Waals surface area contributed by atoms with E-state index in [0.29, 0.717) is 18.6 Å². The molecule has 1 aromatic carbocycles. The van der Waals surface area contributed by atoms with Crippen molar-refractivity contribution in [2.75, 3.05) is 6.61 Å². The zero-order chi connectivity index (χ0) is 22.9. The van der Waals surface area contributed by atoms with Crippen LogP contribution < -0.4 is 4.74 Å². The fraction of sp³-hybridized carbons (Fsp3) is 0.615. The molecule has 1 rings (SSSR count). The van der Waals surface area contributed by atoms with Crippen molar-refractivity contribution in [2.24, 2.45) is 0 Å². The number of aliphatic carboxylic acids is 1. The van der Waals surface area contributed by atoms with Crippen molar-refractivity contribution < 1.29 is 24.2 Å². The maximum atomic E-state index is 12.1. The second-order valence-electron chi connectivity index (χ2n) is 8.09. The number of ether oxygens (including phenoxy) is 2. The molecule has 0 fully saturated rings. The lowest BCUT2D eigenvalue weighted by Gasteiger charge is -2.11. The van der Waals surface area contributed by atoms with Gasteiger partial charge in [-0.15, -0.1) is 0 Å². The maximum absolute atomic E-state index is 12.1. The molecular formula is C26H40O5. The van der Waals surface area contributed by atoms with E-state index in [-0.39, 0.29) is 11.7 Å². The zero-order valence-corrected chi connectivity index (χ0v) is 19.5. The van der Waals surface area contributed by atoms with Crippen molar-refractivity contribution in [1.29, 1.82) is 0 Å². The standard InChI is InChI=1S/C26H40O5/c1-4-6-7-8-9-10-11-12-13-14-19-30-23-17-15-22(16-18-23)20-24(25(27)28)26(29)31-21(3)5-2/h15-18,20-21H,4-14,19H2,1-3H3,(H,27,28). The van der Waals surface area contributed by atoms with E-state index in [1.54, 1.807) is 31.2 Å². The number of hydrogen-bond donors (Lipinski definition) is 1. The summed E-state index contributed by atoms with van der Waals surface area (Å²) in [5.74, 6) is -1.37. The summed E-state index contributed by atoms with van der Waals surface area (Å²) in [5.41, 5.74) is 0.240. The van der Waals surface area contributed by atoms with Crippen LogP contribution in [0.15, 0.2) is 29.8 Å². The normalized spacial score (nSPS) is 12.4. The molecule has 31 heavy (non-hydrogen) atoms. The van der Waals surface area contributed by atoms with Gasteiger partial charge < -0.3 is 14.6 Å². The number of benzene rings is 1. The minimum atomic E-state index is -1.30. The van der Waals surface area contributed by atoms with Crippen molar-refractivity contribution in [3.63, 3.8) is 0 Å². The van der Waals surface area contributed by atoms with Crippen molar-refractivity contribution in [3.8, 4) is 5.75 Å². The van der Waals surface area contributed by atoms with Gasteiger partial charge in [-0.2, -0.15) is 0 Å². The molecular weight excluding hydrogens is 392 g/mol. The summed E-state index contributed by atoms with van der Waals surface area (Å²) in [6.07, 6.45) is 14.5. The van der Waals surface area contributed by atoms with Gasteiger partial charge in [0.1, 0.15) is 11.3 Å². The van der Waals surface area contributed by atoms with Gasteiger partial charge in [-0.3, -0.25) is 0 Å². The van der Waals surface area contributed by atoms with Crippen LogP contribution in [-0.2, 0) is 14.3 Å². The average molecular weight is 433 g/mol. The summed E-state index contributed by atoms with van der Waals surface area (Å²) >= 11 is 0. The molecule has 0 aromatic heterocycles. The lowest BCUT2D eigenvalue weighted by molar-refractivity contribution is -0.147. The number of esters is 1. The Morgan fingerprint density at radius 2 is 1.45 bits per heavy atom.